The highest BCUT2D eigenvalue weighted by molar-refractivity contribution is 6.31. The van der Waals surface area contributed by atoms with Crippen molar-refractivity contribution in [3.05, 3.63) is 23.0 Å². The maximum Gasteiger partial charge on any atom is 0.305 e. The number of carbonyl (C=O) groups is 2. The molecule has 6 heteroatoms. The Morgan fingerprint density at radius 1 is 1.61 bits per heavy atom. The second-order valence-corrected chi connectivity index (χ2v) is 5.09. The Bertz CT molecular complexity index is 480. The standard InChI is InChI=1S/C12H15ClN2O3/c1-7(4-11(16)17)14-12(18)10-5-8(13)6-15(10)9-2-3-9/h5-7,9H,2-4H2,1H3,(H,14,18)(H,16,17). The van der Waals surface area contributed by atoms with E-state index in [0.717, 1.165) is 12.8 Å². The van der Waals surface area contributed by atoms with Gasteiger partial charge in [0.15, 0.2) is 0 Å². The predicted molar refractivity (Wildman–Crippen MR) is 66.9 cm³/mol. The van der Waals surface area contributed by atoms with Gasteiger partial charge in [0.1, 0.15) is 5.69 Å². The van der Waals surface area contributed by atoms with Crippen LogP contribution in [0.25, 0.3) is 0 Å². The number of nitrogens with one attached hydrogen (secondary N) is 1. The number of amides is 1. The largest absolute Gasteiger partial charge is 0.481 e. The summed E-state index contributed by atoms with van der Waals surface area (Å²) in [5.74, 6) is -1.21. The molecule has 0 aliphatic heterocycles. The molecule has 1 aromatic heterocycles. The fourth-order valence-electron chi connectivity index (χ4n) is 1.89. The monoisotopic (exact) mass is 270 g/mol. The van der Waals surface area contributed by atoms with Crippen molar-refractivity contribution in [3.63, 3.8) is 0 Å². The van der Waals surface area contributed by atoms with Gasteiger partial charge in [-0.3, -0.25) is 9.59 Å². The van der Waals surface area contributed by atoms with E-state index in [4.69, 9.17) is 16.7 Å². The summed E-state index contributed by atoms with van der Waals surface area (Å²) in [6.07, 6.45) is 3.76. The highest BCUT2D eigenvalue weighted by atomic mass is 35.5. The Kier molecular flexibility index (Phi) is 3.61. The molecule has 0 spiro atoms. The predicted octanol–water partition coefficient (Wildman–Crippen LogP) is 2.07. The molecule has 5 nitrogen and oxygen atoms in total. The fourth-order valence-corrected chi connectivity index (χ4v) is 2.10. The lowest BCUT2D eigenvalue weighted by atomic mass is 10.2. The molecular formula is C12H15ClN2O3. The molecule has 2 rings (SSSR count). The average molecular weight is 271 g/mol. The number of hydrogen-bond acceptors (Lipinski definition) is 2. The number of aliphatic carboxylic acids is 1. The molecule has 1 aromatic rings. The molecule has 1 heterocycles. The number of rotatable bonds is 5. The number of hydrogen-bond donors (Lipinski definition) is 2. The molecular weight excluding hydrogens is 256 g/mol. The normalized spacial score (nSPS) is 16.3. The number of carboxylic acid groups (broad SMARTS) is 1. The summed E-state index contributed by atoms with van der Waals surface area (Å²) < 4.78 is 1.87. The maximum absolute atomic E-state index is 12.0. The van der Waals surface area contributed by atoms with E-state index in [0.29, 0.717) is 16.8 Å². The Morgan fingerprint density at radius 2 is 2.28 bits per heavy atom. The lowest BCUT2D eigenvalue weighted by Crippen LogP contribution is -2.35. The summed E-state index contributed by atoms with van der Waals surface area (Å²) in [6.45, 7) is 1.66. The molecule has 1 atom stereocenters. The molecule has 1 saturated carbocycles. The number of aromatic nitrogens is 1. The zero-order valence-corrected chi connectivity index (χ0v) is 10.8. The molecule has 1 unspecified atom stereocenters. The number of carbonyl (C=O) groups excluding carboxylic acids is 1. The third-order valence-electron chi connectivity index (χ3n) is 2.85. The van der Waals surface area contributed by atoms with Gasteiger partial charge in [-0.05, 0) is 25.8 Å². The highest BCUT2D eigenvalue weighted by Crippen LogP contribution is 2.37. The molecule has 0 radical (unpaired) electrons. The van der Waals surface area contributed by atoms with E-state index < -0.39 is 12.0 Å². The highest BCUT2D eigenvalue weighted by Gasteiger charge is 2.28. The van der Waals surface area contributed by atoms with Crippen molar-refractivity contribution in [1.29, 1.82) is 0 Å². The Hall–Kier alpha value is -1.49. The summed E-state index contributed by atoms with van der Waals surface area (Å²) in [7, 11) is 0. The topological polar surface area (TPSA) is 71.3 Å². The Labute approximate surface area is 110 Å². The van der Waals surface area contributed by atoms with Gasteiger partial charge in [-0.15, -0.1) is 0 Å². The molecule has 2 N–H and O–H groups in total. The van der Waals surface area contributed by atoms with Gasteiger partial charge < -0.3 is 15.0 Å². The van der Waals surface area contributed by atoms with Gasteiger partial charge in [0.05, 0.1) is 11.4 Å². The maximum atomic E-state index is 12.0. The summed E-state index contributed by atoms with van der Waals surface area (Å²) in [5.41, 5.74) is 0.500. The smallest absolute Gasteiger partial charge is 0.305 e. The SMILES string of the molecule is CC(CC(=O)O)NC(=O)c1cc(Cl)cn1C1CC1. The van der Waals surface area contributed by atoms with Crippen LogP contribution in [0, 0.1) is 0 Å². The molecule has 0 bridgehead atoms. The van der Waals surface area contributed by atoms with Crippen molar-refractivity contribution >= 4 is 23.5 Å². The number of nitrogens with zero attached hydrogens (tertiary/aromatic N) is 1. The van der Waals surface area contributed by atoms with Gasteiger partial charge >= 0.3 is 5.97 Å². The van der Waals surface area contributed by atoms with E-state index in [2.05, 4.69) is 5.32 Å². The second-order valence-electron chi connectivity index (χ2n) is 4.65. The van der Waals surface area contributed by atoms with Crippen molar-refractivity contribution < 1.29 is 14.7 Å². The zero-order chi connectivity index (χ0) is 13.3. The lowest BCUT2D eigenvalue weighted by Gasteiger charge is -2.13. The van der Waals surface area contributed by atoms with E-state index in [-0.39, 0.29) is 12.3 Å². The first kappa shape index (κ1) is 13.0. The minimum absolute atomic E-state index is 0.0936. The van der Waals surface area contributed by atoms with Crippen LogP contribution in [0.15, 0.2) is 12.3 Å². The van der Waals surface area contributed by atoms with Gasteiger partial charge in [-0.1, -0.05) is 11.6 Å². The van der Waals surface area contributed by atoms with Crippen molar-refractivity contribution in [2.24, 2.45) is 0 Å². The van der Waals surface area contributed by atoms with Gasteiger partial charge in [-0.25, -0.2) is 0 Å². The van der Waals surface area contributed by atoms with Crippen molar-refractivity contribution in [1.82, 2.24) is 9.88 Å². The molecule has 0 saturated heterocycles. The summed E-state index contributed by atoms with van der Waals surface area (Å²) in [4.78, 5) is 22.6. The van der Waals surface area contributed by atoms with E-state index in [1.165, 1.54) is 0 Å². The van der Waals surface area contributed by atoms with Gasteiger partial charge in [0.25, 0.3) is 5.91 Å². The third kappa shape index (κ3) is 3.04. The van der Waals surface area contributed by atoms with Crippen LogP contribution in [0.5, 0.6) is 0 Å². The number of halogens is 1. The van der Waals surface area contributed by atoms with Crippen molar-refractivity contribution in [2.75, 3.05) is 0 Å². The van der Waals surface area contributed by atoms with Crippen molar-refractivity contribution in [3.8, 4) is 0 Å². The van der Waals surface area contributed by atoms with Crippen LogP contribution in [0.3, 0.4) is 0 Å². The second kappa shape index (κ2) is 5.02. The summed E-state index contributed by atoms with van der Waals surface area (Å²) >= 11 is 5.91. The van der Waals surface area contributed by atoms with Crippen LogP contribution in [-0.4, -0.2) is 27.6 Å². The Morgan fingerprint density at radius 3 is 2.83 bits per heavy atom. The molecule has 1 amide bonds. The molecule has 1 fully saturated rings. The zero-order valence-electron chi connectivity index (χ0n) is 10.0. The van der Waals surface area contributed by atoms with Crippen LogP contribution >= 0.6 is 11.6 Å². The minimum Gasteiger partial charge on any atom is -0.481 e. The van der Waals surface area contributed by atoms with E-state index in [9.17, 15) is 9.59 Å². The molecule has 98 valence electrons. The van der Waals surface area contributed by atoms with E-state index in [1.807, 2.05) is 4.57 Å². The van der Waals surface area contributed by atoms with Crippen LogP contribution in [0.2, 0.25) is 5.02 Å². The first-order valence-electron chi connectivity index (χ1n) is 5.87. The van der Waals surface area contributed by atoms with Gasteiger partial charge in [-0.2, -0.15) is 0 Å². The van der Waals surface area contributed by atoms with Crippen LogP contribution in [0.1, 0.15) is 42.7 Å². The summed E-state index contributed by atoms with van der Waals surface area (Å²) in [6, 6.07) is 1.56. The Balaban J connectivity index is 2.06. The van der Waals surface area contributed by atoms with Gasteiger partial charge in [0.2, 0.25) is 0 Å². The van der Waals surface area contributed by atoms with Crippen LogP contribution < -0.4 is 5.32 Å². The van der Waals surface area contributed by atoms with Crippen LogP contribution in [-0.2, 0) is 4.79 Å². The van der Waals surface area contributed by atoms with E-state index >= 15 is 0 Å². The number of carboxylic acids is 1. The van der Waals surface area contributed by atoms with E-state index in [1.54, 1.807) is 19.2 Å². The third-order valence-corrected chi connectivity index (χ3v) is 3.05. The van der Waals surface area contributed by atoms with Gasteiger partial charge in [0, 0.05) is 18.3 Å². The molecule has 0 aromatic carbocycles. The molecule has 1 aliphatic rings. The van der Waals surface area contributed by atoms with Crippen LogP contribution in [0.4, 0.5) is 0 Å². The quantitative estimate of drug-likeness (QED) is 0.860. The summed E-state index contributed by atoms with van der Waals surface area (Å²) in [5, 5.41) is 11.8. The first-order chi connectivity index (χ1) is 8.47. The molecule has 18 heavy (non-hydrogen) atoms. The van der Waals surface area contributed by atoms with Crippen molar-refractivity contribution in [2.45, 2.75) is 38.3 Å². The first-order valence-corrected chi connectivity index (χ1v) is 6.25. The fraction of sp³-hybridized carbons (Fsp3) is 0.500. The minimum atomic E-state index is -0.932. The molecule has 1 aliphatic carbocycles. The lowest BCUT2D eigenvalue weighted by molar-refractivity contribution is -0.137. The average Bonchev–Trinajstić information content (AvgIpc) is 3.00.